The normalized spacial score (nSPS) is 17.1. The smallest absolute Gasteiger partial charge is 0.184 e. The molecular weight excluding hydrogens is 257 g/mol. The quantitative estimate of drug-likeness (QED) is 0.675. The van der Waals surface area contributed by atoms with E-state index in [1.165, 1.54) is 37.8 Å². The van der Waals surface area contributed by atoms with E-state index < -0.39 is 0 Å². The van der Waals surface area contributed by atoms with Crippen LogP contribution in [-0.4, -0.2) is 20.2 Å². The maximum Gasteiger partial charge on any atom is 0.184 e. The van der Waals surface area contributed by atoms with Crippen LogP contribution in [0.3, 0.4) is 0 Å². The molecule has 0 spiro atoms. The average Bonchev–Trinajstić information content (AvgIpc) is 2.76. The van der Waals surface area contributed by atoms with E-state index in [1.54, 1.807) is 6.07 Å². The largest absolute Gasteiger partial charge is 0.398 e. The lowest BCUT2D eigenvalue weighted by atomic mass is 10.1. The summed E-state index contributed by atoms with van der Waals surface area (Å²) in [5.74, 6) is 0.235. The highest BCUT2D eigenvalue weighted by Crippen LogP contribution is 2.31. The Labute approximate surface area is 117 Å². The van der Waals surface area contributed by atoms with E-state index in [4.69, 9.17) is 5.73 Å². The predicted octanol–water partition coefficient (Wildman–Crippen LogP) is 2.96. The van der Waals surface area contributed by atoms with Crippen molar-refractivity contribution in [2.75, 3.05) is 5.73 Å². The molecule has 0 atom stereocenters. The summed E-state index contributed by atoms with van der Waals surface area (Å²) in [6.07, 6.45) is 7.01. The van der Waals surface area contributed by atoms with Gasteiger partial charge in [0.25, 0.3) is 0 Å². The van der Waals surface area contributed by atoms with E-state index >= 15 is 0 Å². The van der Waals surface area contributed by atoms with E-state index in [0.29, 0.717) is 17.1 Å². The van der Waals surface area contributed by atoms with Gasteiger partial charge in [-0.15, -0.1) is 5.10 Å². The van der Waals surface area contributed by atoms with Crippen molar-refractivity contribution >= 4 is 5.69 Å². The first-order valence-electron chi connectivity index (χ1n) is 7.09. The summed E-state index contributed by atoms with van der Waals surface area (Å²) in [7, 11) is 0. The number of anilines is 1. The number of tetrazole rings is 1. The minimum Gasteiger partial charge on any atom is -0.398 e. The SMILES string of the molecule is Nc1ccc(F)cc1-c1nnnn1C1CCCCCC1. The molecule has 106 valence electrons. The number of benzene rings is 1. The summed E-state index contributed by atoms with van der Waals surface area (Å²) in [5, 5.41) is 11.9. The molecule has 1 aliphatic carbocycles. The van der Waals surface area contributed by atoms with Crippen molar-refractivity contribution in [3.63, 3.8) is 0 Å². The number of nitrogens with zero attached hydrogens (tertiary/aromatic N) is 4. The number of hydrogen-bond donors (Lipinski definition) is 1. The molecule has 0 saturated heterocycles. The van der Waals surface area contributed by atoms with Gasteiger partial charge in [-0.2, -0.15) is 0 Å². The van der Waals surface area contributed by atoms with Gasteiger partial charge in [-0.1, -0.05) is 25.7 Å². The Kier molecular flexibility index (Phi) is 3.62. The van der Waals surface area contributed by atoms with Gasteiger partial charge >= 0.3 is 0 Å². The van der Waals surface area contributed by atoms with E-state index in [9.17, 15) is 4.39 Å². The number of aromatic nitrogens is 4. The zero-order valence-electron chi connectivity index (χ0n) is 11.3. The molecule has 3 rings (SSSR count). The summed E-state index contributed by atoms with van der Waals surface area (Å²) in [6, 6.07) is 4.58. The third-order valence-electron chi connectivity index (χ3n) is 3.92. The van der Waals surface area contributed by atoms with Crippen LogP contribution in [0.15, 0.2) is 18.2 Å². The van der Waals surface area contributed by atoms with Crippen molar-refractivity contribution in [2.24, 2.45) is 0 Å². The lowest BCUT2D eigenvalue weighted by Gasteiger charge is -2.16. The van der Waals surface area contributed by atoms with Crippen molar-refractivity contribution in [1.29, 1.82) is 0 Å². The van der Waals surface area contributed by atoms with E-state index in [-0.39, 0.29) is 11.9 Å². The maximum atomic E-state index is 13.4. The lowest BCUT2D eigenvalue weighted by Crippen LogP contribution is -2.12. The second kappa shape index (κ2) is 5.56. The van der Waals surface area contributed by atoms with Gasteiger partial charge in [0, 0.05) is 11.3 Å². The van der Waals surface area contributed by atoms with Gasteiger partial charge in [-0.3, -0.25) is 0 Å². The monoisotopic (exact) mass is 275 g/mol. The number of nitrogens with two attached hydrogens (primary N) is 1. The van der Waals surface area contributed by atoms with Crippen LogP contribution in [0.2, 0.25) is 0 Å². The molecular formula is C14H18FN5. The van der Waals surface area contributed by atoms with Crippen LogP contribution in [0.1, 0.15) is 44.6 Å². The van der Waals surface area contributed by atoms with Gasteiger partial charge in [0.15, 0.2) is 5.82 Å². The molecule has 6 heteroatoms. The Bertz CT molecular complexity index is 587. The highest BCUT2D eigenvalue weighted by Gasteiger charge is 2.21. The van der Waals surface area contributed by atoms with Crippen molar-refractivity contribution in [3.8, 4) is 11.4 Å². The number of hydrogen-bond acceptors (Lipinski definition) is 4. The molecule has 2 aromatic rings. The molecule has 0 bridgehead atoms. The number of rotatable bonds is 2. The van der Waals surface area contributed by atoms with Crippen molar-refractivity contribution in [2.45, 2.75) is 44.6 Å². The minimum atomic E-state index is -0.329. The minimum absolute atomic E-state index is 0.283. The first-order valence-corrected chi connectivity index (χ1v) is 7.09. The van der Waals surface area contributed by atoms with Crippen molar-refractivity contribution in [3.05, 3.63) is 24.0 Å². The number of halogens is 1. The molecule has 2 N–H and O–H groups in total. The van der Waals surface area contributed by atoms with Gasteiger partial charge in [0.2, 0.25) is 0 Å². The zero-order chi connectivity index (χ0) is 13.9. The topological polar surface area (TPSA) is 69.6 Å². The highest BCUT2D eigenvalue weighted by molar-refractivity contribution is 5.71. The lowest BCUT2D eigenvalue weighted by molar-refractivity contribution is 0.400. The van der Waals surface area contributed by atoms with Crippen molar-refractivity contribution < 1.29 is 4.39 Å². The molecule has 0 unspecified atom stereocenters. The van der Waals surface area contributed by atoms with Gasteiger partial charge in [0.05, 0.1) is 6.04 Å². The van der Waals surface area contributed by atoms with Gasteiger partial charge in [-0.25, -0.2) is 9.07 Å². The molecule has 5 nitrogen and oxygen atoms in total. The molecule has 1 aromatic carbocycles. The van der Waals surface area contributed by atoms with Crippen LogP contribution in [0.4, 0.5) is 10.1 Å². The van der Waals surface area contributed by atoms with Gasteiger partial charge in [0.1, 0.15) is 5.82 Å². The van der Waals surface area contributed by atoms with Crippen LogP contribution >= 0.6 is 0 Å². The van der Waals surface area contributed by atoms with E-state index in [1.807, 2.05) is 4.68 Å². The van der Waals surface area contributed by atoms with Crippen molar-refractivity contribution in [1.82, 2.24) is 20.2 Å². The third kappa shape index (κ3) is 2.50. The second-order valence-electron chi connectivity index (χ2n) is 5.32. The Morgan fingerprint density at radius 2 is 1.90 bits per heavy atom. The Morgan fingerprint density at radius 1 is 1.15 bits per heavy atom. The molecule has 0 radical (unpaired) electrons. The maximum absolute atomic E-state index is 13.4. The fraction of sp³-hybridized carbons (Fsp3) is 0.500. The first kappa shape index (κ1) is 13.0. The number of nitrogen functional groups attached to an aromatic ring is 1. The molecule has 1 saturated carbocycles. The predicted molar refractivity (Wildman–Crippen MR) is 74.4 cm³/mol. The summed E-state index contributed by atoms with van der Waals surface area (Å²) in [5.41, 5.74) is 7.00. The summed E-state index contributed by atoms with van der Waals surface area (Å²) >= 11 is 0. The summed E-state index contributed by atoms with van der Waals surface area (Å²) in [6.45, 7) is 0. The summed E-state index contributed by atoms with van der Waals surface area (Å²) in [4.78, 5) is 0. The molecule has 0 amide bonds. The van der Waals surface area contributed by atoms with E-state index in [0.717, 1.165) is 12.8 Å². The average molecular weight is 275 g/mol. The van der Waals surface area contributed by atoms with Crippen LogP contribution in [0.5, 0.6) is 0 Å². The van der Waals surface area contributed by atoms with E-state index in [2.05, 4.69) is 15.5 Å². The van der Waals surface area contributed by atoms with Gasteiger partial charge < -0.3 is 5.73 Å². The fourth-order valence-corrected chi connectivity index (χ4v) is 2.84. The van der Waals surface area contributed by atoms with Crippen LogP contribution < -0.4 is 5.73 Å². The molecule has 1 fully saturated rings. The Balaban J connectivity index is 1.98. The standard InChI is InChI=1S/C14H18FN5/c15-10-7-8-13(16)12(9-10)14-17-18-19-20(14)11-5-3-1-2-4-6-11/h7-9,11H,1-6,16H2. The first-order chi connectivity index (χ1) is 9.75. The van der Waals surface area contributed by atoms with Gasteiger partial charge in [-0.05, 0) is 41.5 Å². The molecule has 1 aromatic heterocycles. The van der Waals surface area contributed by atoms with Crippen LogP contribution in [0.25, 0.3) is 11.4 Å². The molecule has 20 heavy (non-hydrogen) atoms. The summed E-state index contributed by atoms with van der Waals surface area (Å²) < 4.78 is 15.3. The molecule has 1 heterocycles. The highest BCUT2D eigenvalue weighted by atomic mass is 19.1. The van der Waals surface area contributed by atoms with Crippen LogP contribution in [-0.2, 0) is 0 Å². The zero-order valence-corrected chi connectivity index (χ0v) is 11.3. The Hall–Kier alpha value is -1.98. The van der Waals surface area contributed by atoms with Crippen LogP contribution in [0, 0.1) is 5.82 Å². The molecule has 0 aliphatic heterocycles. The second-order valence-corrected chi connectivity index (χ2v) is 5.32. The molecule has 1 aliphatic rings. The third-order valence-corrected chi connectivity index (χ3v) is 3.92. The Morgan fingerprint density at radius 3 is 2.65 bits per heavy atom. The fourth-order valence-electron chi connectivity index (χ4n) is 2.84.